The highest BCUT2D eigenvalue weighted by atomic mass is 31.2. The molecule has 68 valence electrons. The molecular weight excluding hydrogens is 165 g/mol. The fraction of sp³-hybridized carbons (Fsp3) is 1.00. The summed E-state index contributed by atoms with van der Waals surface area (Å²) in [5, 5.41) is 0. The Balaban J connectivity index is 4.14. The Hall–Kier alpha value is 0.110. The van der Waals surface area contributed by atoms with Gasteiger partial charge in [-0.15, -0.1) is 0 Å². The lowest BCUT2D eigenvalue weighted by Gasteiger charge is -2.17. The number of hydrogen-bond donors (Lipinski definition) is 1. The number of rotatable bonds is 5. The van der Waals surface area contributed by atoms with E-state index in [0.717, 1.165) is 0 Å². The average molecular weight is 182 g/mol. The average Bonchev–Trinajstić information content (AvgIpc) is 1.88. The van der Waals surface area contributed by atoms with Crippen LogP contribution in [0.2, 0.25) is 0 Å². The van der Waals surface area contributed by atoms with Crippen LogP contribution in [0.25, 0.3) is 0 Å². The van der Waals surface area contributed by atoms with Crippen molar-refractivity contribution in [2.24, 2.45) is 0 Å². The molecular formula is C6H17NO3P+. The minimum Gasteiger partial charge on any atom is -0.345 e. The molecule has 4 nitrogen and oxygen atoms in total. The van der Waals surface area contributed by atoms with Crippen molar-refractivity contribution in [2.75, 3.05) is 13.2 Å². The van der Waals surface area contributed by atoms with Crippen molar-refractivity contribution in [3.05, 3.63) is 0 Å². The summed E-state index contributed by atoms with van der Waals surface area (Å²) >= 11 is 0. The summed E-state index contributed by atoms with van der Waals surface area (Å²) in [6.07, 6.45) is 0. The first-order valence-corrected chi connectivity index (χ1v) is 5.39. The zero-order valence-corrected chi connectivity index (χ0v) is 8.27. The van der Waals surface area contributed by atoms with Crippen molar-refractivity contribution in [2.45, 2.75) is 26.6 Å². The van der Waals surface area contributed by atoms with Gasteiger partial charge in [0.1, 0.15) is 0 Å². The first-order valence-electron chi connectivity index (χ1n) is 3.78. The molecule has 1 unspecified atom stereocenters. The van der Waals surface area contributed by atoms with Crippen LogP contribution in [0.5, 0.6) is 0 Å². The molecule has 0 aliphatic rings. The van der Waals surface area contributed by atoms with Gasteiger partial charge in [-0.25, -0.2) is 0 Å². The van der Waals surface area contributed by atoms with E-state index in [1.165, 1.54) is 0 Å². The number of quaternary nitrogens is 1. The Bertz CT molecular complexity index is 139. The van der Waals surface area contributed by atoms with Gasteiger partial charge in [0.15, 0.2) is 5.78 Å². The molecule has 0 spiro atoms. The minimum atomic E-state index is -2.90. The minimum absolute atomic E-state index is 0.303. The van der Waals surface area contributed by atoms with Gasteiger partial charge in [0, 0.05) is 0 Å². The van der Waals surface area contributed by atoms with Crippen molar-refractivity contribution < 1.29 is 19.3 Å². The molecule has 0 aromatic heterocycles. The van der Waals surface area contributed by atoms with Crippen LogP contribution in [0, 0.1) is 0 Å². The molecule has 3 N–H and O–H groups in total. The molecule has 0 saturated heterocycles. The van der Waals surface area contributed by atoms with Gasteiger partial charge >= 0.3 is 7.60 Å². The van der Waals surface area contributed by atoms with E-state index < -0.39 is 7.60 Å². The van der Waals surface area contributed by atoms with E-state index in [0.29, 0.717) is 13.2 Å². The fourth-order valence-electron chi connectivity index (χ4n) is 0.652. The molecule has 0 bridgehead atoms. The van der Waals surface area contributed by atoms with Crippen LogP contribution in [0.3, 0.4) is 0 Å². The van der Waals surface area contributed by atoms with E-state index in [4.69, 9.17) is 9.05 Å². The smallest absolute Gasteiger partial charge is 0.345 e. The summed E-state index contributed by atoms with van der Waals surface area (Å²) < 4.78 is 21.6. The maximum Gasteiger partial charge on any atom is 0.387 e. The molecule has 0 aliphatic carbocycles. The van der Waals surface area contributed by atoms with Gasteiger partial charge in [-0.05, 0) is 20.8 Å². The lowest BCUT2D eigenvalue weighted by Crippen LogP contribution is -2.59. The van der Waals surface area contributed by atoms with Gasteiger partial charge in [-0.2, -0.15) is 0 Å². The zero-order valence-electron chi connectivity index (χ0n) is 7.37. The normalized spacial score (nSPS) is 14.9. The third-order valence-corrected chi connectivity index (χ3v) is 3.47. The zero-order chi connectivity index (χ0) is 8.91. The lowest BCUT2D eigenvalue weighted by molar-refractivity contribution is -0.388. The second-order valence-corrected chi connectivity index (χ2v) is 4.70. The third-order valence-electron chi connectivity index (χ3n) is 1.16. The van der Waals surface area contributed by atoms with E-state index in [9.17, 15) is 4.57 Å². The SMILES string of the molecule is CCOP(=O)(OCC)C(C)[NH3+]. The first kappa shape index (κ1) is 11.1. The first-order chi connectivity index (χ1) is 5.06. The second kappa shape index (κ2) is 4.88. The largest absolute Gasteiger partial charge is 0.387 e. The second-order valence-electron chi connectivity index (χ2n) is 2.22. The monoisotopic (exact) mass is 182 g/mol. The molecule has 0 aromatic rings. The van der Waals surface area contributed by atoms with Crippen LogP contribution in [0.15, 0.2) is 0 Å². The van der Waals surface area contributed by atoms with Crippen LogP contribution in [-0.4, -0.2) is 19.0 Å². The summed E-state index contributed by atoms with van der Waals surface area (Å²) in [6, 6.07) is 0. The summed E-state index contributed by atoms with van der Waals surface area (Å²) in [7, 11) is -2.90. The third kappa shape index (κ3) is 3.34. The predicted molar refractivity (Wildman–Crippen MR) is 43.2 cm³/mol. The van der Waals surface area contributed by atoms with Crippen molar-refractivity contribution in [1.29, 1.82) is 0 Å². The van der Waals surface area contributed by atoms with Crippen LogP contribution >= 0.6 is 7.60 Å². The van der Waals surface area contributed by atoms with Gasteiger partial charge in [0.05, 0.1) is 13.2 Å². The molecule has 0 radical (unpaired) electrons. The van der Waals surface area contributed by atoms with Crippen molar-refractivity contribution in [1.82, 2.24) is 0 Å². The Morgan fingerprint density at radius 2 is 1.73 bits per heavy atom. The van der Waals surface area contributed by atoms with Crippen molar-refractivity contribution >= 4 is 7.60 Å². The van der Waals surface area contributed by atoms with Crippen molar-refractivity contribution in [3.63, 3.8) is 0 Å². The quantitative estimate of drug-likeness (QED) is 0.641. The molecule has 5 heteroatoms. The van der Waals surface area contributed by atoms with Crippen molar-refractivity contribution in [3.8, 4) is 0 Å². The standard InChI is InChI=1S/C6H16NO3P/c1-4-9-11(8,6(3)7)10-5-2/h6H,4-5,7H2,1-3H3/p+1. The van der Waals surface area contributed by atoms with E-state index in [-0.39, 0.29) is 5.78 Å². The topological polar surface area (TPSA) is 63.2 Å². The van der Waals surface area contributed by atoms with E-state index in [1.807, 2.05) is 0 Å². The Labute approximate surface area is 67.6 Å². The Morgan fingerprint density at radius 3 is 1.91 bits per heavy atom. The highest BCUT2D eigenvalue weighted by Crippen LogP contribution is 2.49. The predicted octanol–water partition coefficient (Wildman–Crippen LogP) is 0.840. The van der Waals surface area contributed by atoms with E-state index in [2.05, 4.69) is 5.73 Å². The molecule has 0 fully saturated rings. The highest BCUT2D eigenvalue weighted by Gasteiger charge is 2.31. The van der Waals surface area contributed by atoms with Gasteiger partial charge < -0.3 is 14.8 Å². The molecule has 11 heavy (non-hydrogen) atoms. The fourth-order valence-corrected chi connectivity index (χ4v) is 1.95. The van der Waals surface area contributed by atoms with Gasteiger partial charge in [-0.3, -0.25) is 4.57 Å². The molecule has 0 amide bonds. The Morgan fingerprint density at radius 1 is 1.36 bits per heavy atom. The Kier molecular flexibility index (Phi) is 4.93. The van der Waals surface area contributed by atoms with Crippen LogP contribution in [-0.2, 0) is 13.6 Å². The molecule has 0 heterocycles. The molecule has 0 aliphatic heterocycles. The van der Waals surface area contributed by atoms with Crippen LogP contribution in [0.4, 0.5) is 0 Å². The summed E-state index contributed by atoms with van der Waals surface area (Å²) in [6.45, 7) is 6.10. The summed E-state index contributed by atoms with van der Waals surface area (Å²) in [4.78, 5) is 0. The summed E-state index contributed by atoms with van der Waals surface area (Å²) in [5.41, 5.74) is 3.63. The lowest BCUT2D eigenvalue weighted by atomic mass is 10.8. The molecule has 0 rings (SSSR count). The van der Waals surface area contributed by atoms with Gasteiger partial charge in [0.25, 0.3) is 0 Å². The molecule has 0 aromatic carbocycles. The van der Waals surface area contributed by atoms with Crippen LogP contribution < -0.4 is 5.73 Å². The molecule has 1 atom stereocenters. The summed E-state index contributed by atoms with van der Waals surface area (Å²) in [5.74, 6) is -0.303. The highest BCUT2D eigenvalue weighted by molar-refractivity contribution is 7.54. The van der Waals surface area contributed by atoms with E-state index in [1.54, 1.807) is 20.8 Å². The van der Waals surface area contributed by atoms with Crippen LogP contribution in [0.1, 0.15) is 20.8 Å². The molecule has 0 saturated carbocycles. The van der Waals surface area contributed by atoms with Gasteiger partial charge in [0.2, 0.25) is 0 Å². The maximum absolute atomic E-state index is 11.6. The van der Waals surface area contributed by atoms with Gasteiger partial charge in [-0.1, -0.05) is 0 Å². The number of hydrogen-bond acceptors (Lipinski definition) is 3. The van der Waals surface area contributed by atoms with E-state index >= 15 is 0 Å². The maximum atomic E-state index is 11.6.